The molecule has 0 aliphatic carbocycles. The van der Waals surface area contributed by atoms with Crippen molar-refractivity contribution in [3.8, 4) is 5.75 Å². The smallest absolute Gasteiger partial charge is 0.251 e. The van der Waals surface area contributed by atoms with Gasteiger partial charge in [-0.2, -0.15) is 0 Å². The Labute approximate surface area is 191 Å². The summed E-state index contributed by atoms with van der Waals surface area (Å²) >= 11 is 1.58. The number of ether oxygens (including phenoxy) is 1. The second-order valence-electron chi connectivity index (χ2n) is 7.88. The lowest BCUT2D eigenvalue weighted by Crippen LogP contribution is -2.27. The van der Waals surface area contributed by atoms with E-state index >= 15 is 0 Å². The van der Waals surface area contributed by atoms with Gasteiger partial charge < -0.3 is 19.4 Å². The van der Waals surface area contributed by atoms with Crippen molar-refractivity contribution in [2.75, 3.05) is 5.75 Å². The van der Waals surface area contributed by atoms with E-state index in [1.165, 1.54) is 0 Å². The van der Waals surface area contributed by atoms with Crippen LogP contribution in [0.3, 0.4) is 0 Å². The molecule has 0 saturated carbocycles. The zero-order valence-corrected chi connectivity index (χ0v) is 18.9. The monoisotopic (exact) mass is 450 g/mol. The Bertz CT molecular complexity index is 1050. The van der Waals surface area contributed by atoms with Gasteiger partial charge in [0.25, 0.3) is 5.91 Å². The van der Waals surface area contributed by atoms with Crippen molar-refractivity contribution in [2.24, 2.45) is 0 Å². The van der Waals surface area contributed by atoms with Gasteiger partial charge in [0, 0.05) is 12.1 Å². The number of carbonyl (C=O) groups excluding carboxylic acids is 2. The predicted molar refractivity (Wildman–Crippen MR) is 124 cm³/mol. The Morgan fingerprint density at radius 3 is 2.56 bits per heavy atom. The van der Waals surface area contributed by atoms with Gasteiger partial charge >= 0.3 is 0 Å². The summed E-state index contributed by atoms with van der Waals surface area (Å²) in [4.78, 5) is 26.7. The molecule has 1 N–H and O–H groups in total. The Kier molecular flexibility index (Phi) is 6.85. The fourth-order valence-electron chi connectivity index (χ4n) is 3.51. The van der Waals surface area contributed by atoms with Crippen LogP contribution < -0.4 is 10.1 Å². The van der Waals surface area contributed by atoms with Gasteiger partial charge in [-0.1, -0.05) is 24.3 Å². The van der Waals surface area contributed by atoms with Crippen molar-refractivity contribution in [1.29, 1.82) is 0 Å². The number of nitrogens with zero attached hydrogens (tertiary/aromatic N) is 1. The normalized spacial score (nSPS) is 15.9. The van der Waals surface area contributed by atoms with Gasteiger partial charge in [0.2, 0.25) is 5.91 Å². The fraction of sp³-hybridized carbons (Fsp3) is 0.280. The molecule has 1 unspecified atom stereocenters. The molecule has 32 heavy (non-hydrogen) atoms. The first kappa shape index (κ1) is 22.0. The van der Waals surface area contributed by atoms with E-state index in [4.69, 9.17) is 9.15 Å². The third kappa shape index (κ3) is 5.34. The van der Waals surface area contributed by atoms with Crippen molar-refractivity contribution in [3.63, 3.8) is 0 Å². The molecule has 1 atom stereocenters. The van der Waals surface area contributed by atoms with Gasteiger partial charge in [0.15, 0.2) is 0 Å². The summed E-state index contributed by atoms with van der Waals surface area (Å²) in [5.41, 5.74) is 2.57. The van der Waals surface area contributed by atoms with E-state index in [1.54, 1.807) is 30.2 Å². The number of rotatable bonds is 8. The summed E-state index contributed by atoms with van der Waals surface area (Å²) in [6, 6.07) is 18.8. The molecule has 1 fully saturated rings. The lowest BCUT2D eigenvalue weighted by atomic mass is 10.1. The minimum absolute atomic E-state index is 0.0861. The zero-order valence-electron chi connectivity index (χ0n) is 18.1. The van der Waals surface area contributed by atoms with Crippen LogP contribution in [0.4, 0.5) is 0 Å². The van der Waals surface area contributed by atoms with Crippen LogP contribution in [0.5, 0.6) is 5.75 Å². The molecule has 6 nitrogen and oxygen atoms in total. The molecule has 0 radical (unpaired) electrons. The summed E-state index contributed by atoms with van der Waals surface area (Å²) in [5.74, 6) is 1.96. The summed E-state index contributed by atoms with van der Waals surface area (Å²) in [7, 11) is 0. The van der Waals surface area contributed by atoms with Crippen LogP contribution in [-0.2, 0) is 17.9 Å². The third-order valence-electron chi connectivity index (χ3n) is 5.08. The highest BCUT2D eigenvalue weighted by molar-refractivity contribution is 8.00. The Morgan fingerprint density at radius 2 is 1.91 bits per heavy atom. The first-order valence-corrected chi connectivity index (χ1v) is 11.6. The maximum atomic E-state index is 12.6. The van der Waals surface area contributed by atoms with Crippen molar-refractivity contribution in [1.82, 2.24) is 10.2 Å². The quantitative estimate of drug-likeness (QED) is 0.535. The van der Waals surface area contributed by atoms with Crippen LogP contribution >= 0.6 is 11.8 Å². The molecule has 1 aliphatic heterocycles. The number of carbonyl (C=O) groups is 2. The maximum absolute atomic E-state index is 12.6. The largest absolute Gasteiger partial charge is 0.491 e. The Morgan fingerprint density at radius 1 is 1.16 bits per heavy atom. The first-order chi connectivity index (χ1) is 15.5. The Balaban J connectivity index is 1.35. The topological polar surface area (TPSA) is 71.8 Å². The second kappa shape index (κ2) is 9.96. The number of nitrogens with one attached hydrogen (secondary N) is 1. The molecule has 1 aliphatic rings. The fourth-order valence-corrected chi connectivity index (χ4v) is 4.70. The lowest BCUT2D eigenvalue weighted by molar-refractivity contribution is -0.128. The molecule has 1 saturated heterocycles. The number of hydrogen-bond donors (Lipinski definition) is 1. The van der Waals surface area contributed by atoms with Gasteiger partial charge in [-0.15, -0.1) is 11.8 Å². The van der Waals surface area contributed by atoms with Crippen molar-refractivity contribution >= 4 is 23.6 Å². The summed E-state index contributed by atoms with van der Waals surface area (Å²) in [6.07, 6.45) is 1.74. The highest BCUT2D eigenvalue weighted by Crippen LogP contribution is 2.39. The van der Waals surface area contributed by atoms with Crippen molar-refractivity contribution in [2.45, 2.75) is 38.4 Å². The van der Waals surface area contributed by atoms with E-state index < -0.39 is 0 Å². The van der Waals surface area contributed by atoms with E-state index in [0.717, 1.165) is 22.6 Å². The molecule has 2 aromatic carbocycles. The predicted octanol–water partition coefficient (Wildman–Crippen LogP) is 4.77. The molecule has 0 spiro atoms. The summed E-state index contributed by atoms with van der Waals surface area (Å²) in [6.45, 7) is 4.85. The minimum atomic E-state index is -0.137. The van der Waals surface area contributed by atoms with Gasteiger partial charge in [-0.05, 0) is 61.4 Å². The van der Waals surface area contributed by atoms with Crippen LogP contribution in [0.25, 0.3) is 0 Å². The molecular weight excluding hydrogens is 424 g/mol. The molecule has 2 amide bonds. The minimum Gasteiger partial charge on any atom is -0.491 e. The molecule has 1 aromatic heterocycles. The van der Waals surface area contributed by atoms with Gasteiger partial charge in [-0.25, -0.2) is 0 Å². The van der Waals surface area contributed by atoms with Gasteiger partial charge in [0.05, 0.1) is 24.7 Å². The molecule has 4 rings (SSSR count). The van der Waals surface area contributed by atoms with Crippen molar-refractivity contribution in [3.05, 3.63) is 89.4 Å². The van der Waals surface area contributed by atoms with E-state index in [2.05, 4.69) is 5.32 Å². The average Bonchev–Trinajstić information content (AvgIpc) is 3.43. The van der Waals surface area contributed by atoms with E-state index in [1.807, 2.05) is 67.3 Å². The molecule has 2 heterocycles. The average molecular weight is 451 g/mol. The second-order valence-corrected chi connectivity index (χ2v) is 8.95. The number of hydrogen-bond acceptors (Lipinski definition) is 5. The van der Waals surface area contributed by atoms with E-state index in [9.17, 15) is 9.59 Å². The standard InChI is InChI=1S/C25H26N2O4S/c1-17(2)31-21-11-5-18(6-12-21)14-26-24(29)19-7-9-20(10-8-19)25-27(23(28)16-32-25)15-22-4-3-13-30-22/h3-13,17,25H,14-16H2,1-2H3,(H,26,29). The van der Waals surface area contributed by atoms with E-state index in [0.29, 0.717) is 24.4 Å². The molecule has 0 bridgehead atoms. The van der Waals surface area contributed by atoms with Crippen molar-refractivity contribution < 1.29 is 18.7 Å². The van der Waals surface area contributed by atoms with Gasteiger partial charge in [-0.3, -0.25) is 9.59 Å². The molecule has 7 heteroatoms. The summed E-state index contributed by atoms with van der Waals surface area (Å²) < 4.78 is 11.0. The highest BCUT2D eigenvalue weighted by Gasteiger charge is 2.33. The third-order valence-corrected chi connectivity index (χ3v) is 6.34. The van der Waals surface area contributed by atoms with Crippen LogP contribution in [0.2, 0.25) is 0 Å². The van der Waals surface area contributed by atoms with Gasteiger partial charge in [0.1, 0.15) is 16.9 Å². The van der Waals surface area contributed by atoms with Crippen LogP contribution in [-0.4, -0.2) is 28.6 Å². The lowest BCUT2D eigenvalue weighted by Gasteiger charge is -2.23. The Hall–Kier alpha value is -3.19. The van der Waals surface area contributed by atoms with Crippen LogP contribution in [0, 0.1) is 0 Å². The number of benzene rings is 2. The SMILES string of the molecule is CC(C)Oc1ccc(CNC(=O)c2ccc(C3SCC(=O)N3Cc3ccco3)cc2)cc1. The zero-order chi connectivity index (χ0) is 22.5. The maximum Gasteiger partial charge on any atom is 0.251 e. The van der Waals surface area contributed by atoms with Crippen LogP contribution in [0.15, 0.2) is 71.3 Å². The molecule has 3 aromatic rings. The molecule has 166 valence electrons. The first-order valence-electron chi connectivity index (χ1n) is 10.6. The van der Waals surface area contributed by atoms with Crippen LogP contribution in [0.1, 0.15) is 46.5 Å². The van der Waals surface area contributed by atoms with E-state index in [-0.39, 0.29) is 23.3 Å². The number of thioether (sulfide) groups is 1. The highest BCUT2D eigenvalue weighted by atomic mass is 32.2. The molecular formula is C25H26N2O4S. The number of amides is 2. The number of furan rings is 1. The summed E-state index contributed by atoms with van der Waals surface area (Å²) in [5, 5.41) is 2.86.